The fraction of sp³-hybridized carbons (Fsp3) is 0.600. The van der Waals surface area contributed by atoms with Gasteiger partial charge in [-0.3, -0.25) is 9.59 Å². The van der Waals surface area contributed by atoms with Gasteiger partial charge in [-0.05, 0) is 18.9 Å². The van der Waals surface area contributed by atoms with E-state index in [4.69, 9.17) is 0 Å². The number of hydrogen-bond donors (Lipinski definition) is 1. The summed E-state index contributed by atoms with van der Waals surface area (Å²) in [6.45, 7) is 1.64. The number of nitrogens with one attached hydrogen (secondary N) is 1. The Labute approximate surface area is 142 Å². The first-order chi connectivity index (χ1) is 11.8. The fourth-order valence-corrected chi connectivity index (χ4v) is 3.02. The van der Waals surface area contributed by atoms with E-state index in [1.54, 1.807) is 9.80 Å². The first-order valence-electron chi connectivity index (χ1n) is 8.08. The average Bonchev–Trinajstić information content (AvgIpc) is 2.86. The third-order valence-electron chi connectivity index (χ3n) is 4.32. The molecule has 0 aromatic carbocycles. The molecule has 1 unspecified atom stereocenters. The van der Waals surface area contributed by atoms with E-state index in [2.05, 4.69) is 15.3 Å². The Morgan fingerprint density at radius 1 is 1.24 bits per heavy atom. The van der Waals surface area contributed by atoms with Crippen LogP contribution in [0.25, 0.3) is 0 Å². The maximum atomic E-state index is 12.8. The van der Waals surface area contributed by atoms with E-state index < -0.39 is 17.9 Å². The second-order valence-corrected chi connectivity index (χ2v) is 6.06. The van der Waals surface area contributed by atoms with Crippen LogP contribution in [0, 0.1) is 0 Å². The number of amides is 2. The van der Waals surface area contributed by atoms with Crippen molar-refractivity contribution in [3.05, 3.63) is 18.0 Å². The van der Waals surface area contributed by atoms with Crippen molar-refractivity contribution < 1.29 is 22.8 Å². The van der Waals surface area contributed by atoms with Gasteiger partial charge in [0, 0.05) is 38.8 Å². The molecule has 10 heteroatoms. The molecule has 3 rings (SSSR count). The zero-order valence-corrected chi connectivity index (χ0v) is 13.4. The van der Waals surface area contributed by atoms with Crippen LogP contribution in [-0.2, 0) is 15.8 Å². The Balaban J connectivity index is 1.66. The third-order valence-corrected chi connectivity index (χ3v) is 4.32. The number of alkyl halides is 3. The molecule has 25 heavy (non-hydrogen) atoms. The maximum absolute atomic E-state index is 12.8. The summed E-state index contributed by atoms with van der Waals surface area (Å²) >= 11 is 0. The van der Waals surface area contributed by atoms with Gasteiger partial charge >= 0.3 is 6.18 Å². The molecule has 2 aliphatic heterocycles. The van der Waals surface area contributed by atoms with Crippen molar-refractivity contribution in [1.29, 1.82) is 0 Å². The van der Waals surface area contributed by atoms with E-state index in [1.165, 1.54) is 0 Å². The van der Waals surface area contributed by atoms with Gasteiger partial charge in [0.1, 0.15) is 11.7 Å². The SMILES string of the molecule is O=C1CCC(C(=O)N2CCCN(c3nccc(C(F)(F)F)n3)CC2)N1. The number of rotatable bonds is 2. The molecule has 1 atom stereocenters. The molecule has 136 valence electrons. The predicted molar refractivity (Wildman–Crippen MR) is 81.6 cm³/mol. The Bertz CT molecular complexity index is 667. The van der Waals surface area contributed by atoms with Gasteiger partial charge in [-0.25, -0.2) is 9.97 Å². The van der Waals surface area contributed by atoms with E-state index in [9.17, 15) is 22.8 Å². The van der Waals surface area contributed by atoms with Crippen molar-refractivity contribution in [3.8, 4) is 0 Å². The minimum atomic E-state index is -4.52. The van der Waals surface area contributed by atoms with Gasteiger partial charge in [-0.15, -0.1) is 0 Å². The normalized spacial score (nSPS) is 21.9. The zero-order chi connectivity index (χ0) is 18.0. The lowest BCUT2D eigenvalue weighted by atomic mass is 10.2. The van der Waals surface area contributed by atoms with Crippen LogP contribution in [0.15, 0.2) is 12.3 Å². The van der Waals surface area contributed by atoms with Crippen molar-refractivity contribution in [2.75, 3.05) is 31.1 Å². The highest BCUT2D eigenvalue weighted by atomic mass is 19.4. The average molecular weight is 357 g/mol. The monoisotopic (exact) mass is 357 g/mol. The molecule has 2 saturated heterocycles. The summed E-state index contributed by atoms with van der Waals surface area (Å²) in [5.74, 6) is -0.261. The first-order valence-corrected chi connectivity index (χ1v) is 8.08. The van der Waals surface area contributed by atoms with Crippen molar-refractivity contribution in [2.24, 2.45) is 0 Å². The van der Waals surface area contributed by atoms with Gasteiger partial charge in [0.25, 0.3) is 0 Å². The summed E-state index contributed by atoms with van der Waals surface area (Å²) in [4.78, 5) is 34.5. The van der Waals surface area contributed by atoms with Gasteiger partial charge in [0.2, 0.25) is 17.8 Å². The summed E-state index contributed by atoms with van der Waals surface area (Å²) in [6.07, 6.45) is -2.02. The van der Waals surface area contributed by atoms with E-state index in [0.717, 1.165) is 12.3 Å². The molecule has 3 heterocycles. The number of nitrogens with zero attached hydrogens (tertiary/aromatic N) is 4. The Kier molecular flexibility index (Phi) is 4.78. The van der Waals surface area contributed by atoms with Crippen LogP contribution in [0.3, 0.4) is 0 Å². The summed E-state index contributed by atoms with van der Waals surface area (Å²) in [6, 6.07) is 0.337. The molecule has 2 aliphatic rings. The number of halogens is 3. The minimum Gasteiger partial charge on any atom is -0.344 e. The summed E-state index contributed by atoms with van der Waals surface area (Å²) in [5.41, 5.74) is -0.983. The minimum absolute atomic E-state index is 0.0123. The number of carbonyl (C=O) groups is 2. The Hall–Kier alpha value is -2.39. The smallest absolute Gasteiger partial charge is 0.344 e. The van der Waals surface area contributed by atoms with E-state index in [-0.39, 0.29) is 17.8 Å². The predicted octanol–water partition coefficient (Wildman–Crippen LogP) is 0.813. The lowest BCUT2D eigenvalue weighted by molar-refractivity contribution is -0.141. The van der Waals surface area contributed by atoms with E-state index in [1.807, 2.05) is 0 Å². The van der Waals surface area contributed by atoms with Crippen LogP contribution in [0.2, 0.25) is 0 Å². The molecule has 7 nitrogen and oxygen atoms in total. The van der Waals surface area contributed by atoms with Crippen molar-refractivity contribution in [2.45, 2.75) is 31.5 Å². The topological polar surface area (TPSA) is 78.4 Å². The Morgan fingerprint density at radius 2 is 2.04 bits per heavy atom. The molecule has 0 bridgehead atoms. The van der Waals surface area contributed by atoms with Crippen LogP contribution in [0.1, 0.15) is 25.0 Å². The number of hydrogen-bond acceptors (Lipinski definition) is 5. The number of anilines is 1. The maximum Gasteiger partial charge on any atom is 0.433 e. The molecule has 2 fully saturated rings. The lowest BCUT2D eigenvalue weighted by Crippen LogP contribution is -2.45. The van der Waals surface area contributed by atoms with E-state index in [0.29, 0.717) is 45.4 Å². The van der Waals surface area contributed by atoms with Crippen LogP contribution in [-0.4, -0.2) is 58.9 Å². The molecule has 0 saturated carbocycles. The first kappa shape index (κ1) is 17.4. The van der Waals surface area contributed by atoms with Gasteiger partial charge in [-0.2, -0.15) is 13.2 Å². The van der Waals surface area contributed by atoms with Crippen LogP contribution < -0.4 is 10.2 Å². The number of aromatic nitrogens is 2. The third kappa shape index (κ3) is 3.99. The Morgan fingerprint density at radius 3 is 2.72 bits per heavy atom. The van der Waals surface area contributed by atoms with Crippen LogP contribution >= 0.6 is 0 Å². The molecule has 2 amide bonds. The van der Waals surface area contributed by atoms with Gasteiger partial charge < -0.3 is 15.1 Å². The molecule has 0 aliphatic carbocycles. The van der Waals surface area contributed by atoms with Crippen LogP contribution in [0.4, 0.5) is 19.1 Å². The van der Waals surface area contributed by atoms with Crippen molar-refractivity contribution >= 4 is 17.8 Å². The highest BCUT2D eigenvalue weighted by molar-refractivity contribution is 5.90. The van der Waals surface area contributed by atoms with Gasteiger partial charge in [0.05, 0.1) is 0 Å². The largest absolute Gasteiger partial charge is 0.433 e. The lowest BCUT2D eigenvalue weighted by Gasteiger charge is -2.24. The van der Waals surface area contributed by atoms with Crippen LogP contribution in [0.5, 0.6) is 0 Å². The summed E-state index contributed by atoms with van der Waals surface area (Å²) in [7, 11) is 0. The fourth-order valence-electron chi connectivity index (χ4n) is 3.02. The molecule has 0 spiro atoms. The van der Waals surface area contributed by atoms with Gasteiger partial charge in [0.15, 0.2) is 0 Å². The molecule has 0 radical (unpaired) electrons. The molecular weight excluding hydrogens is 339 g/mol. The highest BCUT2D eigenvalue weighted by Crippen LogP contribution is 2.28. The number of carbonyl (C=O) groups excluding carboxylic acids is 2. The standard InChI is InChI=1S/C15H18F3N5O2/c16-15(17,18)11-4-5-19-14(21-11)23-7-1-6-22(8-9-23)13(25)10-2-3-12(24)20-10/h4-5,10H,1-3,6-9H2,(H,20,24). The molecule has 1 N–H and O–H groups in total. The highest BCUT2D eigenvalue weighted by Gasteiger charge is 2.34. The summed E-state index contributed by atoms with van der Waals surface area (Å²) < 4.78 is 38.4. The summed E-state index contributed by atoms with van der Waals surface area (Å²) in [5, 5.41) is 2.64. The second-order valence-electron chi connectivity index (χ2n) is 6.06. The van der Waals surface area contributed by atoms with Crippen molar-refractivity contribution in [1.82, 2.24) is 20.2 Å². The quantitative estimate of drug-likeness (QED) is 0.848. The molecule has 1 aromatic rings. The second kappa shape index (κ2) is 6.85. The zero-order valence-electron chi connectivity index (χ0n) is 13.4. The van der Waals surface area contributed by atoms with E-state index >= 15 is 0 Å². The molecule has 1 aromatic heterocycles. The van der Waals surface area contributed by atoms with Gasteiger partial charge in [-0.1, -0.05) is 0 Å². The molecular formula is C15H18F3N5O2. The van der Waals surface area contributed by atoms with Crippen molar-refractivity contribution in [3.63, 3.8) is 0 Å².